The van der Waals surface area contributed by atoms with Crippen LogP contribution in [0.25, 0.3) is 10.9 Å². The topological polar surface area (TPSA) is 126 Å². The molecule has 0 bridgehead atoms. The zero-order valence-corrected chi connectivity index (χ0v) is 14.2. The Kier molecular flexibility index (Phi) is 5.57. The minimum Gasteiger partial charge on any atom is -0.452 e. The molecule has 1 aliphatic heterocycles. The number of carbonyl (C=O) groups is 2. The van der Waals surface area contributed by atoms with Crippen LogP contribution in [-0.2, 0) is 25.6 Å². The summed E-state index contributed by atoms with van der Waals surface area (Å²) >= 11 is 0. The fourth-order valence-electron chi connectivity index (χ4n) is 2.97. The van der Waals surface area contributed by atoms with E-state index in [0.29, 0.717) is 37.0 Å². The standard InChI is InChI=1S/C17H20N4O5/c18-16(23)15(11-6-9-25-10-7-11)26-14(22)5-8-21-17(24)12-3-1-2-4-13(12)19-20-21/h1-4,11,15H,5-10H2,(H2,18,23)/t15-/m1/s1. The normalized spacial score (nSPS) is 16.3. The van der Waals surface area contributed by atoms with E-state index in [1.54, 1.807) is 24.3 Å². The third kappa shape index (κ3) is 4.05. The largest absolute Gasteiger partial charge is 0.452 e. The second-order valence-corrected chi connectivity index (χ2v) is 6.15. The van der Waals surface area contributed by atoms with E-state index in [0.717, 1.165) is 4.68 Å². The van der Waals surface area contributed by atoms with Crippen LogP contribution >= 0.6 is 0 Å². The van der Waals surface area contributed by atoms with Gasteiger partial charge in [-0.25, -0.2) is 4.68 Å². The van der Waals surface area contributed by atoms with Crippen molar-refractivity contribution in [1.29, 1.82) is 0 Å². The molecule has 1 amide bonds. The van der Waals surface area contributed by atoms with Crippen LogP contribution in [-0.4, -0.2) is 46.2 Å². The number of hydrogen-bond donors (Lipinski definition) is 1. The second kappa shape index (κ2) is 8.05. The summed E-state index contributed by atoms with van der Waals surface area (Å²) in [5.41, 5.74) is 5.53. The average molecular weight is 360 g/mol. The summed E-state index contributed by atoms with van der Waals surface area (Å²) in [6.07, 6.45) is 0.123. The molecule has 138 valence electrons. The lowest BCUT2D eigenvalue weighted by molar-refractivity contribution is -0.160. The summed E-state index contributed by atoms with van der Waals surface area (Å²) in [7, 11) is 0. The molecule has 26 heavy (non-hydrogen) atoms. The van der Waals surface area contributed by atoms with Crippen molar-refractivity contribution >= 4 is 22.8 Å². The van der Waals surface area contributed by atoms with Gasteiger partial charge >= 0.3 is 5.97 Å². The Morgan fingerprint density at radius 3 is 2.77 bits per heavy atom. The number of ether oxygens (including phenoxy) is 2. The maximum atomic E-state index is 12.3. The van der Waals surface area contributed by atoms with Gasteiger partial charge in [0.25, 0.3) is 11.5 Å². The SMILES string of the molecule is NC(=O)[C@H](OC(=O)CCn1nnc2ccccc2c1=O)C1CCOCC1. The molecule has 1 aliphatic rings. The molecule has 1 fully saturated rings. The number of esters is 1. The van der Waals surface area contributed by atoms with Gasteiger partial charge in [-0.05, 0) is 25.0 Å². The van der Waals surface area contributed by atoms with Crippen LogP contribution in [0, 0.1) is 5.92 Å². The predicted octanol–water partition coefficient (Wildman–Crippen LogP) is 0.00530. The maximum absolute atomic E-state index is 12.3. The summed E-state index contributed by atoms with van der Waals surface area (Å²) in [6.45, 7) is 1.02. The van der Waals surface area contributed by atoms with E-state index in [1.807, 2.05) is 0 Å². The number of aryl methyl sites for hydroxylation is 1. The van der Waals surface area contributed by atoms with Gasteiger partial charge in [0.1, 0.15) is 5.52 Å². The molecule has 0 saturated carbocycles. The molecule has 2 heterocycles. The van der Waals surface area contributed by atoms with Gasteiger partial charge in [-0.15, -0.1) is 5.10 Å². The fourth-order valence-corrected chi connectivity index (χ4v) is 2.97. The van der Waals surface area contributed by atoms with Crippen molar-refractivity contribution in [2.24, 2.45) is 11.7 Å². The van der Waals surface area contributed by atoms with E-state index < -0.39 is 18.0 Å². The quantitative estimate of drug-likeness (QED) is 0.719. The van der Waals surface area contributed by atoms with Gasteiger partial charge in [0, 0.05) is 19.1 Å². The number of nitrogens with zero attached hydrogens (tertiary/aromatic N) is 3. The first-order chi connectivity index (χ1) is 12.6. The molecule has 1 aromatic carbocycles. The zero-order chi connectivity index (χ0) is 18.5. The highest BCUT2D eigenvalue weighted by molar-refractivity contribution is 5.82. The molecule has 2 aromatic rings. The van der Waals surface area contributed by atoms with Gasteiger partial charge in [0.2, 0.25) is 0 Å². The van der Waals surface area contributed by atoms with Crippen LogP contribution < -0.4 is 11.3 Å². The summed E-state index contributed by atoms with van der Waals surface area (Å²) < 4.78 is 11.6. The van der Waals surface area contributed by atoms with Crippen LogP contribution in [0.15, 0.2) is 29.1 Å². The lowest BCUT2D eigenvalue weighted by Crippen LogP contribution is -2.41. The lowest BCUT2D eigenvalue weighted by atomic mass is 9.93. The first kappa shape index (κ1) is 18.0. The van der Waals surface area contributed by atoms with Gasteiger partial charge in [-0.2, -0.15) is 0 Å². The number of primary amides is 1. The molecule has 0 aliphatic carbocycles. The molecule has 0 unspecified atom stereocenters. The van der Waals surface area contributed by atoms with Crippen molar-refractivity contribution < 1.29 is 19.1 Å². The predicted molar refractivity (Wildman–Crippen MR) is 91.0 cm³/mol. The minimum absolute atomic E-state index is 0.00869. The molecule has 1 aromatic heterocycles. The van der Waals surface area contributed by atoms with Gasteiger partial charge in [0.05, 0.1) is 18.4 Å². The molecule has 0 radical (unpaired) electrons. The molecule has 1 atom stereocenters. The van der Waals surface area contributed by atoms with Crippen molar-refractivity contribution in [2.75, 3.05) is 13.2 Å². The number of rotatable bonds is 6. The van der Waals surface area contributed by atoms with E-state index >= 15 is 0 Å². The van der Waals surface area contributed by atoms with Crippen LogP contribution in [0.3, 0.4) is 0 Å². The Bertz CT molecular complexity index is 860. The van der Waals surface area contributed by atoms with E-state index in [1.165, 1.54) is 0 Å². The van der Waals surface area contributed by atoms with Crippen molar-refractivity contribution in [3.8, 4) is 0 Å². The number of nitrogens with two attached hydrogens (primary N) is 1. The number of fused-ring (bicyclic) bond motifs is 1. The highest BCUT2D eigenvalue weighted by atomic mass is 16.5. The van der Waals surface area contributed by atoms with Gasteiger partial charge < -0.3 is 15.2 Å². The minimum atomic E-state index is -0.981. The maximum Gasteiger partial charge on any atom is 0.308 e. The van der Waals surface area contributed by atoms with Crippen LogP contribution in [0.1, 0.15) is 19.3 Å². The number of aromatic nitrogens is 3. The van der Waals surface area contributed by atoms with Gasteiger partial charge in [-0.1, -0.05) is 17.3 Å². The van der Waals surface area contributed by atoms with Crippen molar-refractivity contribution in [3.63, 3.8) is 0 Å². The first-order valence-electron chi connectivity index (χ1n) is 8.45. The van der Waals surface area contributed by atoms with E-state index in [2.05, 4.69) is 10.3 Å². The van der Waals surface area contributed by atoms with E-state index in [-0.39, 0.29) is 24.4 Å². The number of amides is 1. The third-order valence-corrected chi connectivity index (χ3v) is 4.39. The Morgan fingerprint density at radius 1 is 1.31 bits per heavy atom. The Hall–Kier alpha value is -2.81. The highest BCUT2D eigenvalue weighted by Crippen LogP contribution is 2.21. The van der Waals surface area contributed by atoms with Gasteiger partial charge in [0.15, 0.2) is 6.10 Å². The Labute approximate surface area is 149 Å². The first-order valence-corrected chi connectivity index (χ1v) is 8.45. The van der Waals surface area contributed by atoms with Crippen molar-refractivity contribution in [1.82, 2.24) is 15.0 Å². The number of hydrogen-bond acceptors (Lipinski definition) is 7. The van der Waals surface area contributed by atoms with Gasteiger partial charge in [-0.3, -0.25) is 14.4 Å². The molecule has 2 N–H and O–H groups in total. The Morgan fingerprint density at radius 2 is 2.04 bits per heavy atom. The van der Waals surface area contributed by atoms with Crippen LogP contribution in [0.5, 0.6) is 0 Å². The molecule has 3 rings (SSSR count). The molecule has 0 spiro atoms. The monoisotopic (exact) mass is 360 g/mol. The molecule has 9 nitrogen and oxygen atoms in total. The molecule has 9 heteroatoms. The van der Waals surface area contributed by atoms with E-state index in [9.17, 15) is 14.4 Å². The lowest BCUT2D eigenvalue weighted by Gasteiger charge is -2.27. The fraction of sp³-hybridized carbons (Fsp3) is 0.471. The summed E-state index contributed by atoms with van der Waals surface area (Å²) in [5.74, 6) is -1.43. The Balaban J connectivity index is 1.63. The highest BCUT2D eigenvalue weighted by Gasteiger charge is 2.31. The molecular weight excluding hydrogens is 340 g/mol. The average Bonchev–Trinajstić information content (AvgIpc) is 2.66. The smallest absolute Gasteiger partial charge is 0.308 e. The summed E-state index contributed by atoms with van der Waals surface area (Å²) in [5, 5.41) is 8.20. The second-order valence-electron chi connectivity index (χ2n) is 6.15. The number of carbonyl (C=O) groups excluding carboxylic acids is 2. The molecular formula is C17H20N4O5. The zero-order valence-electron chi connectivity index (χ0n) is 14.2. The summed E-state index contributed by atoms with van der Waals surface area (Å²) in [6, 6.07) is 6.83. The number of benzene rings is 1. The molecule has 1 saturated heterocycles. The van der Waals surface area contributed by atoms with Crippen LogP contribution in [0.2, 0.25) is 0 Å². The third-order valence-electron chi connectivity index (χ3n) is 4.39. The van der Waals surface area contributed by atoms with E-state index in [4.69, 9.17) is 15.2 Å². The van der Waals surface area contributed by atoms with Crippen molar-refractivity contribution in [3.05, 3.63) is 34.6 Å². The summed E-state index contributed by atoms with van der Waals surface area (Å²) in [4.78, 5) is 36.1. The van der Waals surface area contributed by atoms with Crippen molar-refractivity contribution in [2.45, 2.75) is 31.9 Å². The van der Waals surface area contributed by atoms with Crippen LogP contribution in [0.4, 0.5) is 0 Å².